The van der Waals surface area contributed by atoms with Crippen LogP contribution in [0.25, 0.3) is 6.08 Å². The van der Waals surface area contributed by atoms with Gasteiger partial charge in [0.05, 0.1) is 6.61 Å². The van der Waals surface area contributed by atoms with Crippen LogP contribution in [0.15, 0.2) is 42.2 Å². The SMILES string of the molecule is CCCCCCCCCCCCCCOc1ccc(/C=C/C(=O)C2C(=O)C=C(C)OC2=O)cc1. The third kappa shape index (κ3) is 10.5. The van der Waals surface area contributed by atoms with Gasteiger partial charge >= 0.3 is 5.97 Å². The molecule has 0 aromatic heterocycles. The summed E-state index contributed by atoms with van der Waals surface area (Å²) in [5.74, 6) is -2.34. The second-order valence-corrected chi connectivity index (χ2v) is 9.05. The standard InChI is InChI=1S/C29H40O5/c1-3-4-5-6-7-8-9-10-11-12-13-14-21-33-25-18-15-24(16-19-25)17-20-26(30)28-27(31)22-23(2)34-29(28)32/h15-20,22,28H,3-14,21H2,1-2H3/b20-17+. The van der Waals surface area contributed by atoms with Crippen molar-refractivity contribution < 1.29 is 23.9 Å². The van der Waals surface area contributed by atoms with Gasteiger partial charge in [-0.15, -0.1) is 0 Å². The third-order valence-corrected chi connectivity index (χ3v) is 6.00. The van der Waals surface area contributed by atoms with Crippen LogP contribution in [0.3, 0.4) is 0 Å². The number of carbonyl (C=O) groups is 3. The predicted molar refractivity (Wildman–Crippen MR) is 135 cm³/mol. The largest absolute Gasteiger partial charge is 0.494 e. The molecule has 5 nitrogen and oxygen atoms in total. The summed E-state index contributed by atoms with van der Waals surface area (Å²) in [6, 6.07) is 7.40. The number of rotatable bonds is 17. The Morgan fingerprint density at radius 2 is 1.44 bits per heavy atom. The van der Waals surface area contributed by atoms with E-state index < -0.39 is 23.5 Å². The van der Waals surface area contributed by atoms with E-state index in [9.17, 15) is 14.4 Å². The summed E-state index contributed by atoms with van der Waals surface area (Å²) in [6.45, 7) is 4.47. The molecule has 0 aliphatic carbocycles. The van der Waals surface area contributed by atoms with Gasteiger partial charge in [-0.2, -0.15) is 0 Å². The first-order valence-corrected chi connectivity index (χ1v) is 12.9. The van der Waals surface area contributed by atoms with E-state index in [0.717, 1.165) is 17.7 Å². The maximum absolute atomic E-state index is 12.3. The van der Waals surface area contributed by atoms with Crippen molar-refractivity contribution in [2.75, 3.05) is 6.61 Å². The molecule has 1 heterocycles. The zero-order chi connectivity index (χ0) is 24.6. The van der Waals surface area contributed by atoms with Gasteiger partial charge in [0.25, 0.3) is 0 Å². The molecule has 0 spiro atoms. The van der Waals surface area contributed by atoms with Crippen LogP contribution >= 0.6 is 0 Å². The van der Waals surface area contributed by atoms with Gasteiger partial charge in [0, 0.05) is 6.08 Å². The maximum Gasteiger partial charge on any atom is 0.329 e. The summed E-state index contributed by atoms with van der Waals surface area (Å²) in [7, 11) is 0. The Morgan fingerprint density at radius 3 is 2.00 bits per heavy atom. The molecule has 186 valence electrons. The van der Waals surface area contributed by atoms with Crippen molar-refractivity contribution in [1.82, 2.24) is 0 Å². The van der Waals surface area contributed by atoms with E-state index in [1.54, 1.807) is 6.08 Å². The number of unbranched alkanes of at least 4 members (excludes halogenated alkanes) is 11. The molecule has 34 heavy (non-hydrogen) atoms. The van der Waals surface area contributed by atoms with Crippen molar-refractivity contribution in [3.8, 4) is 5.75 Å². The Bertz CT molecular complexity index is 835. The van der Waals surface area contributed by atoms with Gasteiger partial charge in [-0.25, -0.2) is 0 Å². The fourth-order valence-corrected chi connectivity index (χ4v) is 3.99. The molecule has 1 aliphatic rings. The smallest absolute Gasteiger partial charge is 0.329 e. The van der Waals surface area contributed by atoms with Crippen molar-refractivity contribution >= 4 is 23.6 Å². The third-order valence-electron chi connectivity index (χ3n) is 6.00. The molecular weight excluding hydrogens is 428 g/mol. The first-order valence-electron chi connectivity index (χ1n) is 12.9. The van der Waals surface area contributed by atoms with Crippen molar-refractivity contribution in [1.29, 1.82) is 0 Å². The summed E-state index contributed by atoms with van der Waals surface area (Å²) in [4.78, 5) is 36.0. The van der Waals surface area contributed by atoms with E-state index in [1.807, 2.05) is 24.3 Å². The summed E-state index contributed by atoms with van der Waals surface area (Å²) in [5, 5.41) is 0. The Kier molecular flexibility index (Phi) is 13.0. The van der Waals surface area contributed by atoms with E-state index >= 15 is 0 Å². The summed E-state index contributed by atoms with van der Waals surface area (Å²) < 4.78 is 10.7. The number of allylic oxidation sites excluding steroid dienone is 3. The predicted octanol–water partition coefficient (Wildman–Crippen LogP) is 6.99. The van der Waals surface area contributed by atoms with E-state index in [-0.39, 0.29) is 5.76 Å². The Morgan fingerprint density at radius 1 is 0.882 bits per heavy atom. The second kappa shape index (κ2) is 16.0. The fraction of sp³-hybridized carbons (Fsp3) is 0.552. The van der Waals surface area contributed by atoms with Crippen LogP contribution in [-0.2, 0) is 19.1 Å². The van der Waals surface area contributed by atoms with Crippen molar-refractivity contribution in [2.24, 2.45) is 5.92 Å². The molecule has 1 atom stereocenters. The highest BCUT2D eigenvalue weighted by atomic mass is 16.5. The summed E-state index contributed by atoms with van der Waals surface area (Å²) >= 11 is 0. The molecule has 1 aliphatic heterocycles. The monoisotopic (exact) mass is 468 g/mol. The molecule has 0 saturated heterocycles. The quantitative estimate of drug-likeness (QED) is 0.107. The fourth-order valence-electron chi connectivity index (χ4n) is 3.99. The van der Waals surface area contributed by atoms with Crippen LogP contribution in [0.2, 0.25) is 0 Å². The molecule has 2 rings (SSSR count). The van der Waals surface area contributed by atoms with Crippen molar-refractivity contribution in [3.63, 3.8) is 0 Å². The van der Waals surface area contributed by atoms with Crippen molar-refractivity contribution in [3.05, 3.63) is 47.7 Å². The number of benzene rings is 1. The van der Waals surface area contributed by atoms with Gasteiger partial charge in [-0.1, -0.05) is 95.8 Å². The van der Waals surface area contributed by atoms with Gasteiger partial charge in [-0.05, 0) is 37.1 Å². The van der Waals surface area contributed by atoms with E-state index in [1.165, 1.54) is 89.7 Å². The number of esters is 1. The molecule has 0 bridgehead atoms. The number of ketones is 2. The zero-order valence-electron chi connectivity index (χ0n) is 20.9. The number of carbonyl (C=O) groups excluding carboxylic acids is 3. The minimum absolute atomic E-state index is 0.210. The second-order valence-electron chi connectivity index (χ2n) is 9.05. The zero-order valence-corrected chi connectivity index (χ0v) is 20.9. The molecule has 0 saturated carbocycles. The van der Waals surface area contributed by atoms with Crippen LogP contribution in [0.4, 0.5) is 0 Å². The molecule has 0 amide bonds. The summed E-state index contributed by atoms with van der Waals surface area (Å²) in [6.07, 6.45) is 19.8. The lowest BCUT2D eigenvalue weighted by atomic mass is 9.96. The lowest BCUT2D eigenvalue weighted by Crippen LogP contribution is -2.34. The molecule has 1 aromatic carbocycles. The number of cyclic esters (lactones) is 1. The first kappa shape index (κ1) is 27.6. The van der Waals surface area contributed by atoms with Crippen LogP contribution in [-0.4, -0.2) is 24.1 Å². The van der Waals surface area contributed by atoms with Gasteiger partial charge in [0.15, 0.2) is 17.5 Å². The molecule has 0 radical (unpaired) electrons. The lowest BCUT2D eigenvalue weighted by Gasteiger charge is -2.15. The minimum Gasteiger partial charge on any atom is -0.494 e. The average molecular weight is 469 g/mol. The number of hydrogen-bond acceptors (Lipinski definition) is 5. The van der Waals surface area contributed by atoms with Crippen molar-refractivity contribution in [2.45, 2.75) is 90.9 Å². The van der Waals surface area contributed by atoms with Gasteiger partial charge in [-0.3, -0.25) is 14.4 Å². The van der Waals surface area contributed by atoms with E-state index in [4.69, 9.17) is 9.47 Å². The minimum atomic E-state index is -1.40. The van der Waals surface area contributed by atoms with Crippen LogP contribution < -0.4 is 4.74 Å². The normalized spacial score (nSPS) is 15.9. The number of hydrogen-bond donors (Lipinski definition) is 0. The van der Waals surface area contributed by atoms with E-state index in [0.29, 0.717) is 6.61 Å². The van der Waals surface area contributed by atoms with Gasteiger partial charge in [0.1, 0.15) is 11.5 Å². The average Bonchev–Trinajstić information content (AvgIpc) is 2.81. The molecule has 0 fully saturated rings. The summed E-state index contributed by atoms with van der Waals surface area (Å²) in [5.41, 5.74) is 0.786. The van der Waals surface area contributed by atoms with Crippen LogP contribution in [0.5, 0.6) is 5.75 Å². The topological polar surface area (TPSA) is 69.7 Å². The Balaban J connectivity index is 1.57. The lowest BCUT2D eigenvalue weighted by molar-refractivity contribution is -0.151. The van der Waals surface area contributed by atoms with E-state index in [2.05, 4.69) is 6.92 Å². The van der Waals surface area contributed by atoms with Crippen LogP contribution in [0, 0.1) is 5.92 Å². The molecule has 5 heteroatoms. The molecule has 1 aromatic rings. The molecule has 0 N–H and O–H groups in total. The van der Waals surface area contributed by atoms with Gasteiger partial charge in [0.2, 0.25) is 0 Å². The molecular formula is C29H40O5. The first-order chi connectivity index (χ1) is 16.5. The Hall–Kier alpha value is -2.69. The Labute approximate surface area is 204 Å². The van der Waals surface area contributed by atoms with Crippen LogP contribution in [0.1, 0.15) is 96.5 Å². The van der Waals surface area contributed by atoms with Gasteiger partial charge < -0.3 is 9.47 Å². The maximum atomic E-state index is 12.3. The molecule has 1 unspecified atom stereocenters. The highest BCUT2D eigenvalue weighted by molar-refractivity contribution is 6.25. The highest BCUT2D eigenvalue weighted by Gasteiger charge is 2.36. The highest BCUT2D eigenvalue weighted by Crippen LogP contribution is 2.18. The number of ether oxygens (including phenoxy) is 2.